The lowest BCUT2D eigenvalue weighted by atomic mass is 9.85. The van der Waals surface area contributed by atoms with Crippen LogP contribution in [0.5, 0.6) is 5.75 Å². The molecule has 2 heterocycles. The highest BCUT2D eigenvalue weighted by Crippen LogP contribution is 2.51. The number of nitrogens with two attached hydrogens (primary N) is 1. The smallest absolute Gasteiger partial charge is 0.265 e. The summed E-state index contributed by atoms with van der Waals surface area (Å²) in [7, 11) is 1.55. The average molecular weight is 558 g/mol. The van der Waals surface area contributed by atoms with E-state index in [-0.39, 0.29) is 0 Å². The van der Waals surface area contributed by atoms with Crippen molar-refractivity contribution in [1.82, 2.24) is 5.06 Å². The van der Waals surface area contributed by atoms with Crippen LogP contribution in [0.2, 0.25) is 0 Å². The number of methoxy groups -OCH3 is 1. The number of nitrogens with zero attached hydrogens (tertiary/aromatic N) is 2. The van der Waals surface area contributed by atoms with E-state index in [1.807, 2.05) is 66.7 Å². The van der Waals surface area contributed by atoms with E-state index in [9.17, 15) is 14.4 Å². The minimum Gasteiger partial charge on any atom is -0.497 e. The zero-order chi connectivity index (χ0) is 29.0. The summed E-state index contributed by atoms with van der Waals surface area (Å²) in [4.78, 5) is 48.8. The number of hydrogen-bond donors (Lipinski definition) is 1. The lowest BCUT2D eigenvalue weighted by Crippen LogP contribution is -2.42. The molecule has 2 N–H and O–H groups in total. The second-order valence-corrected chi connectivity index (χ2v) is 10.5. The predicted octanol–water partition coefficient (Wildman–Crippen LogP) is 5.07. The predicted molar refractivity (Wildman–Crippen MR) is 158 cm³/mol. The molecule has 0 aliphatic carbocycles. The van der Waals surface area contributed by atoms with Crippen LogP contribution in [0.15, 0.2) is 109 Å². The van der Waals surface area contributed by atoms with Gasteiger partial charge in [0.15, 0.2) is 6.10 Å². The number of carbonyl (C=O) groups excluding carboxylic acids is 3. The fourth-order valence-electron chi connectivity index (χ4n) is 6.37. The summed E-state index contributed by atoms with van der Waals surface area (Å²) in [6.45, 7) is 0. The number of hydrogen-bond acceptors (Lipinski definition) is 6. The van der Waals surface area contributed by atoms with Gasteiger partial charge in [0, 0.05) is 0 Å². The highest BCUT2D eigenvalue weighted by Gasteiger charge is 2.62. The number of hydroxylamine groups is 2. The number of carbonyl (C=O) groups is 3. The van der Waals surface area contributed by atoms with E-state index in [2.05, 4.69) is 6.07 Å². The molecular weight excluding hydrogens is 530 g/mol. The normalized spacial score (nSPS) is 21.2. The SMILES string of the molecule is COc1ccc(N2C(=O)C3ON(C(C(N)=O)c4ccccc4)C(c4cc5ccccc5c5ccccc45)C3C2=O)cc1. The Morgan fingerprint density at radius 3 is 2.14 bits per heavy atom. The molecule has 0 spiro atoms. The van der Waals surface area contributed by atoms with Crippen LogP contribution in [0, 0.1) is 5.92 Å². The Labute approximate surface area is 241 Å². The van der Waals surface area contributed by atoms with Gasteiger partial charge in [-0.25, -0.2) is 4.90 Å². The van der Waals surface area contributed by atoms with E-state index < -0.39 is 41.8 Å². The number of primary amides is 1. The summed E-state index contributed by atoms with van der Waals surface area (Å²) in [5.41, 5.74) is 7.81. The summed E-state index contributed by atoms with van der Waals surface area (Å²) in [5.74, 6) is -1.87. The first-order chi connectivity index (χ1) is 20.5. The van der Waals surface area contributed by atoms with Gasteiger partial charge in [0.2, 0.25) is 11.8 Å². The first-order valence-corrected chi connectivity index (χ1v) is 13.7. The van der Waals surface area contributed by atoms with Crippen molar-refractivity contribution < 1.29 is 24.0 Å². The molecule has 4 atom stereocenters. The molecule has 2 aliphatic rings. The standard InChI is InChI=1S/C34H27N3O5/c1-41-23-17-15-22(16-18-23)36-33(39)28-30(27-19-21-11-5-6-12-24(21)25-13-7-8-14-26(25)27)37(42-31(28)34(36)40)29(32(35)38)20-9-3-2-4-10-20/h2-19,28-31H,1H3,(H2,35,38). The van der Waals surface area contributed by atoms with Crippen LogP contribution >= 0.6 is 0 Å². The maximum atomic E-state index is 14.3. The molecule has 5 aromatic carbocycles. The number of anilines is 1. The maximum Gasteiger partial charge on any atom is 0.265 e. The highest BCUT2D eigenvalue weighted by molar-refractivity contribution is 6.24. The van der Waals surface area contributed by atoms with Crippen molar-refractivity contribution in [2.75, 3.05) is 12.0 Å². The van der Waals surface area contributed by atoms with Crippen molar-refractivity contribution in [2.45, 2.75) is 18.2 Å². The molecule has 4 unspecified atom stereocenters. The number of fused-ring (bicyclic) bond motifs is 4. The van der Waals surface area contributed by atoms with Gasteiger partial charge in [0.25, 0.3) is 5.91 Å². The molecule has 2 fully saturated rings. The molecule has 0 radical (unpaired) electrons. The molecule has 0 aromatic heterocycles. The molecule has 3 amide bonds. The van der Waals surface area contributed by atoms with Gasteiger partial charge >= 0.3 is 0 Å². The van der Waals surface area contributed by atoms with Crippen molar-refractivity contribution in [3.05, 3.63) is 120 Å². The fourth-order valence-corrected chi connectivity index (χ4v) is 6.37. The van der Waals surface area contributed by atoms with Gasteiger partial charge in [0.1, 0.15) is 11.8 Å². The Morgan fingerprint density at radius 1 is 0.810 bits per heavy atom. The number of amides is 3. The zero-order valence-corrected chi connectivity index (χ0v) is 22.7. The van der Waals surface area contributed by atoms with E-state index in [1.54, 1.807) is 43.5 Å². The molecule has 5 aromatic rings. The van der Waals surface area contributed by atoms with E-state index in [0.29, 0.717) is 17.0 Å². The third kappa shape index (κ3) is 3.95. The molecule has 8 heteroatoms. The van der Waals surface area contributed by atoms with Crippen molar-refractivity contribution in [1.29, 1.82) is 0 Å². The van der Waals surface area contributed by atoms with Crippen molar-refractivity contribution in [3.8, 4) is 5.75 Å². The molecular formula is C34H27N3O5. The van der Waals surface area contributed by atoms with Gasteiger partial charge in [-0.1, -0.05) is 78.9 Å². The molecule has 2 saturated heterocycles. The largest absolute Gasteiger partial charge is 0.497 e. The summed E-state index contributed by atoms with van der Waals surface area (Å²) < 4.78 is 5.25. The minimum atomic E-state index is -1.14. The summed E-state index contributed by atoms with van der Waals surface area (Å²) in [6.07, 6.45) is -1.14. The highest BCUT2D eigenvalue weighted by atomic mass is 16.7. The first kappa shape index (κ1) is 25.9. The average Bonchev–Trinajstić information content (AvgIpc) is 3.51. The van der Waals surface area contributed by atoms with Gasteiger partial charge in [0.05, 0.1) is 24.8 Å². The van der Waals surface area contributed by atoms with E-state index >= 15 is 0 Å². The summed E-state index contributed by atoms with van der Waals surface area (Å²) in [5, 5.41) is 5.39. The maximum absolute atomic E-state index is 14.3. The molecule has 208 valence electrons. The molecule has 8 nitrogen and oxygen atoms in total. The molecule has 42 heavy (non-hydrogen) atoms. The zero-order valence-electron chi connectivity index (χ0n) is 22.7. The molecule has 2 aliphatic heterocycles. The van der Waals surface area contributed by atoms with E-state index in [0.717, 1.165) is 27.1 Å². The van der Waals surface area contributed by atoms with Crippen LogP contribution in [0.4, 0.5) is 5.69 Å². The van der Waals surface area contributed by atoms with Crippen LogP contribution in [0.3, 0.4) is 0 Å². The Balaban J connectivity index is 1.43. The Bertz CT molecular complexity index is 1860. The quantitative estimate of drug-likeness (QED) is 0.231. The fraction of sp³-hybridized carbons (Fsp3) is 0.147. The minimum absolute atomic E-state index is 0.406. The van der Waals surface area contributed by atoms with Crippen molar-refractivity contribution in [2.24, 2.45) is 11.7 Å². The molecule has 0 saturated carbocycles. The van der Waals surface area contributed by atoms with Crippen molar-refractivity contribution in [3.63, 3.8) is 0 Å². The van der Waals surface area contributed by atoms with Gasteiger partial charge in [-0.15, -0.1) is 0 Å². The van der Waals surface area contributed by atoms with Crippen LogP contribution < -0.4 is 15.4 Å². The van der Waals surface area contributed by atoms with Crippen molar-refractivity contribution >= 4 is 45.0 Å². The first-order valence-electron chi connectivity index (χ1n) is 13.7. The monoisotopic (exact) mass is 557 g/mol. The second kappa shape index (κ2) is 10.1. The Kier molecular flexibility index (Phi) is 6.22. The second-order valence-electron chi connectivity index (χ2n) is 10.5. The molecule has 7 rings (SSSR count). The van der Waals surface area contributed by atoms with Gasteiger partial charge in [-0.3, -0.25) is 19.2 Å². The number of benzene rings is 5. The summed E-state index contributed by atoms with van der Waals surface area (Å²) in [6, 6.07) is 31.9. The van der Waals surface area contributed by atoms with Crippen LogP contribution in [-0.4, -0.2) is 36.0 Å². The topological polar surface area (TPSA) is 102 Å². The summed E-state index contributed by atoms with van der Waals surface area (Å²) >= 11 is 0. The Hall–Kier alpha value is -5.05. The van der Waals surface area contributed by atoms with Crippen LogP contribution in [0.25, 0.3) is 21.5 Å². The number of imide groups is 1. The van der Waals surface area contributed by atoms with Crippen LogP contribution in [0.1, 0.15) is 23.2 Å². The third-order valence-electron chi connectivity index (χ3n) is 8.23. The number of rotatable bonds is 6. The van der Waals surface area contributed by atoms with E-state index in [4.69, 9.17) is 15.3 Å². The number of ether oxygens (including phenoxy) is 1. The Morgan fingerprint density at radius 2 is 1.45 bits per heavy atom. The third-order valence-corrected chi connectivity index (χ3v) is 8.23. The van der Waals surface area contributed by atoms with E-state index in [1.165, 1.54) is 9.96 Å². The lowest BCUT2D eigenvalue weighted by Gasteiger charge is -2.33. The lowest BCUT2D eigenvalue weighted by molar-refractivity contribution is -0.196. The molecule has 0 bridgehead atoms. The van der Waals surface area contributed by atoms with Gasteiger partial charge < -0.3 is 10.5 Å². The van der Waals surface area contributed by atoms with Gasteiger partial charge in [-0.05, 0) is 63.0 Å². The van der Waals surface area contributed by atoms with Gasteiger partial charge in [-0.2, -0.15) is 5.06 Å². The van der Waals surface area contributed by atoms with Crippen LogP contribution in [-0.2, 0) is 19.2 Å².